The molecule has 21 heavy (non-hydrogen) atoms. The Balaban J connectivity index is 2.85. The first-order chi connectivity index (χ1) is 9.77. The largest absolute Gasteiger partial charge is 0.618 e. The summed E-state index contributed by atoms with van der Waals surface area (Å²) >= 11 is 0. The van der Waals surface area contributed by atoms with Gasteiger partial charge in [0.05, 0.1) is 7.11 Å². The maximum atomic E-state index is 12.8. The molecule has 0 spiro atoms. The van der Waals surface area contributed by atoms with Gasteiger partial charge in [-0.25, -0.2) is 18.6 Å². The number of phosphoric ester groups is 1. The molecule has 0 bridgehead atoms. The molecule has 1 rings (SSSR count). The Hall–Kier alpha value is -1.47. The van der Waals surface area contributed by atoms with Crippen molar-refractivity contribution in [3.63, 3.8) is 0 Å². The van der Waals surface area contributed by atoms with Crippen LogP contribution in [0.5, 0.6) is 5.75 Å². The third-order valence-corrected chi connectivity index (χ3v) is 3.56. The van der Waals surface area contributed by atoms with Crippen LogP contribution in [-0.2, 0) is 23.4 Å². The van der Waals surface area contributed by atoms with E-state index in [-0.39, 0.29) is 11.7 Å². The predicted octanol–water partition coefficient (Wildman–Crippen LogP) is 2.42. The number of hydrogen-bond donors (Lipinski definition) is 1. The topological polar surface area (TPSA) is 97.1 Å². The lowest BCUT2D eigenvalue weighted by Crippen LogP contribution is -2.36. The standard InChI is InChI=1S/C12H17FNO6P/c1-8(2)11(14)12(15)19-21(16,20-17-3)18-10-6-4-9(13)5-7-10/h4-8,11H,14H2,1-3H3/t11-,21?/m0/s1. The molecular formula is C12H17FNO6P. The van der Waals surface area contributed by atoms with Crippen LogP contribution >= 0.6 is 7.82 Å². The maximum absolute atomic E-state index is 12.8. The molecule has 118 valence electrons. The minimum atomic E-state index is -4.38. The van der Waals surface area contributed by atoms with E-state index < -0.39 is 25.7 Å². The number of carbonyl (C=O) groups is 1. The molecule has 0 aliphatic heterocycles. The van der Waals surface area contributed by atoms with Gasteiger partial charge in [0.25, 0.3) is 0 Å². The molecule has 2 atom stereocenters. The zero-order chi connectivity index (χ0) is 16.0. The summed E-state index contributed by atoms with van der Waals surface area (Å²) in [6.45, 7) is 3.38. The number of hydrogen-bond acceptors (Lipinski definition) is 7. The van der Waals surface area contributed by atoms with Crippen molar-refractivity contribution in [2.24, 2.45) is 11.7 Å². The van der Waals surface area contributed by atoms with Gasteiger partial charge in [-0.05, 0) is 30.2 Å². The number of halogens is 1. The van der Waals surface area contributed by atoms with E-state index in [0.717, 1.165) is 19.2 Å². The highest BCUT2D eigenvalue weighted by molar-refractivity contribution is 7.49. The molecule has 1 aromatic carbocycles. The van der Waals surface area contributed by atoms with Gasteiger partial charge < -0.3 is 14.8 Å². The minimum Gasteiger partial charge on any atom is -0.394 e. The summed E-state index contributed by atoms with van der Waals surface area (Å²) in [7, 11) is -3.31. The Labute approximate surface area is 121 Å². The molecule has 9 heteroatoms. The van der Waals surface area contributed by atoms with Crippen LogP contribution < -0.4 is 10.3 Å². The van der Waals surface area contributed by atoms with Crippen LogP contribution in [0, 0.1) is 11.7 Å². The molecule has 0 radical (unpaired) electrons. The molecule has 0 saturated heterocycles. The van der Waals surface area contributed by atoms with Crippen molar-refractivity contribution < 1.29 is 32.4 Å². The Morgan fingerprint density at radius 1 is 1.29 bits per heavy atom. The summed E-state index contributed by atoms with van der Waals surface area (Å²) in [6.07, 6.45) is 0. The lowest BCUT2D eigenvalue weighted by molar-refractivity contribution is -0.198. The van der Waals surface area contributed by atoms with Gasteiger partial charge in [0.1, 0.15) is 17.6 Å². The molecule has 0 amide bonds. The van der Waals surface area contributed by atoms with Gasteiger partial charge in [-0.15, -0.1) is 4.67 Å². The van der Waals surface area contributed by atoms with Crippen LogP contribution in [0.4, 0.5) is 4.39 Å². The van der Waals surface area contributed by atoms with Crippen molar-refractivity contribution in [3.8, 4) is 5.75 Å². The van der Waals surface area contributed by atoms with E-state index in [4.69, 9.17) is 10.3 Å². The first-order valence-corrected chi connectivity index (χ1v) is 7.50. The number of phosphoric acid groups is 1. The van der Waals surface area contributed by atoms with Crippen molar-refractivity contribution in [3.05, 3.63) is 30.1 Å². The van der Waals surface area contributed by atoms with E-state index >= 15 is 0 Å². The number of nitrogens with two attached hydrogens (primary N) is 1. The van der Waals surface area contributed by atoms with Crippen LogP contribution in [0.1, 0.15) is 13.8 Å². The summed E-state index contributed by atoms with van der Waals surface area (Å²) in [4.78, 5) is 16.0. The van der Waals surface area contributed by atoms with Gasteiger partial charge in [-0.1, -0.05) is 13.8 Å². The number of benzene rings is 1. The Morgan fingerprint density at radius 2 is 1.86 bits per heavy atom. The first kappa shape index (κ1) is 17.6. The molecule has 0 aliphatic carbocycles. The number of carbonyl (C=O) groups excluding carboxylic acids is 1. The lowest BCUT2D eigenvalue weighted by Gasteiger charge is -2.19. The second kappa shape index (κ2) is 7.51. The van der Waals surface area contributed by atoms with E-state index in [9.17, 15) is 13.8 Å². The van der Waals surface area contributed by atoms with Crippen LogP contribution in [0.25, 0.3) is 0 Å². The first-order valence-electron chi connectivity index (χ1n) is 6.04. The summed E-state index contributed by atoms with van der Waals surface area (Å²) < 4.78 is 39.0. The van der Waals surface area contributed by atoms with Crippen LogP contribution in [0.15, 0.2) is 24.3 Å². The molecule has 1 aromatic rings. The minimum absolute atomic E-state index is 0.0253. The fraction of sp³-hybridized carbons (Fsp3) is 0.417. The summed E-state index contributed by atoms with van der Waals surface area (Å²) in [6, 6.07) is 3.53. The average Bonchev–Trinajstić information content (AvgIpc) is 2.40. The highest BCUT2D eigenvalue weighted by Gasteiger charge is 2.37. The van der Waals surface area contributed by atoms with Crippen LogP contribution in [0.3, 0.4) is 0 Å². The molecule has 0 saturated carbocycles. The fourth-order valence-electron chi connectivity index (χ4n) is 1.21. The Morgan fingerprint density at radius 3 is 2.33 bits per heavy atom. The van der Waals surface area contributed by atoms with E-state index in [2.05, 4.69) is 14.1 Å². The van der Waals surface area contributed by atoms with Crippen molar-refractivity contribution in [1.29, 1.82) is 0 Å². The van der Waals surface area contributed by atoms with Gasteiger partial charge in [0.2, 0.25) is 0 Å². The molecule has 0 aromatic heterocycles. The van der Waals surface area contributed by atoms with E-state index in [0.29, 0.717) is 0 Å². The van der Waals surface area contributed by atoms with Gasteiger partial charge in [0.15, 0.2) is 0 Å². The predicted molar refractivity (Wildman–Crippen MR) is 71.6 cm³/mol. The van der Waals surface area contributed by atoms with Gasteiger partial charge >= 0.3 is 13.8 Å². The van der Waals surface area contributed by atoms with Crippen LogP contribution in [0.2, 0.25) is 0 Å². The van der Waals surface area contributed by atoms with Crippen molar-refractivity contribution in [1.82, 2.24) is 0 Å². The normalized spacial score (nSPS) is 15.3. The van der Waals surface area contributed by atoms with E-state index in [1.165, 1.54) is 12.1 Å². The Kier molecular flexibility index (Phi) is 6.29. The van der Waals surface area contributed by atoms with Crippen LogP contribution in [-0.4, -0.2) is 19.1 Å². The van der Waals surface area contributed by atoms with Crippen molar-refractivity contribution >= 4 is 13.8 Å². The maximum Gasteiger partial charge on any atom is 0.618 e. The fourth-order valence-corrected chi connectivity index (χ4v) is 2.21. The quantitative estimate of drug-likeness (QED) is 0.468. The molecule has 0 heterocycles. The lowest BCUT2D eigenvalue weighted by atomic mass is 10.1. The van der Waals surface area contributed by atoms with Gasteiger partial charge in [0, 0.05) is 0 Å². The van der Waals surface area contributed by atoms with Crippen molar-refractivity contribution in [2.75, 3.05) is 7.11 Å². The zero-order valence-electron chi connectivity index (χ0n) is 11.8. The van der Waals surface area contributed by atoms with E-state index in [1.807, 2.05) is 0 Å². The number of rotatable bonds is 7. The highest BCUT2D eigenvalue weighted by Crippen LogP contribution is 2.50. The SMILES string of the molecule is COOP(=O)(OC(=O)[C@@H](N)C(C)C)Oc1ccc(F)cc1. The zero-order valence-corrected chi connectivity index (χ0v) is 12.7. The van der Waals surface area contributed by atoms with Gasteiger partial charge in [-0.2, -0.15) is 0 Å². The summed E-state index contributed by atoms with van der Waals surface area (Å²) in [5.41, 5.74) is 5.58. The third kappa shape index (κ3) is 5.43. The monoisotopic (exact) mass is 321 g/mol. The van der Waals surface area contributed by atoms with Gasteiger partial charge in [-0.3, -0.25) is 0 Å². The third-order valence-electron chi connectivity index (χ3n) is 2.39. The summed E-state index contributed by atoms with van der Waals surface area (Å²) in [5, 5.41) is 0. The molecule has 7 nitrogen and oxygen atoms in total. The molecule has 2 N–H and O–H groups in total. The second-order valence-corrected chi connectivity index (χ2v) is 5.82. The second-order valence-electron chi connectivity index (χ2n) is 4.41. The molecule has 0 aliphatic rings. The smallest absolute Gasteiger partial charge is 0.394 e. The Bertz CT molecular complexity index is 521. The van der Waals surface area contributed by atoms with E-state index in [1.54, 1.807) is 13.8 Å². The summed E-state index contributed by atoms with van der Waals surface area (Å²) in [5.74, 6) is -1.74. The molecule has 0 fully saturated rings. The average molecular weight is 321 g/mol. The molecular weight excluding hydrogens is 304 g/mol. The highest BCUT2D eigenvalue weighted by atomic mass is 31.2. The van der Waals surface area contributed by atoms with Crippen molar-refractivity contribution in [2.45, 2.75) is 19.9 Å². The molecule has 1 unspecified atom stereocenters.